The second-order valence-corrected chi connectivity index (χ2v) is 3.12. The zero-order chi connectivity index (χ0) is 9.52. The molecule has 0 saturated carbocycles. The third kappa shape index (κ3) is 3.43. The molecule has 0 amide bonds. The molecule has 0 aliphatic heterocycles. The number of rotatable bonds is 4. The van der Waals surface area contributed by atoms with Crippen LogP contribution in [0.3, 0.4) is 0 Å². The van der Waals surface area contributed by atoms with Crippen LogP contribution in [0, 0.1) is 0 Å². The summed E-state index contributed by atoms with van der Waals surface area (Å²) < 4.78 is 0. The van der Waals surface area contributed by atoms with E-state index in [1.54, 1.807) is 0 Å². The Morgan fingerprint density at radius 2 is 2.00 bits per heavy atom. The maximum absolute atomic E-state index is 8.62. The second kappa shape index (κ2) is 5.55. The van der Waals surface area contributed by atoms with Gasteiger partial charge in [0.1, 0.15) is 0 Å². The lowest BCUT2D eigenvalue weighted by Gasteiger charge is -2.00. The normalized spacial score (nSPS) is 11.7. The number of hydrogen-bond acceptors (Lipinski definition) is 1. The Labute approximate surface area is 79.7 Å². The Balaban J connectivity index is 2.57. The Hall–Kier alpha value is -1.08. The van der Waals surface area contributed by atoms with Crippen molar-refractivity contribution in [2.24, 2.45) is 0 Å². The Morgan fingerprint density at radius 1 is 1.31 bits per heavy atom. The van der Waals surface area contributed by atoms with Crippen molar-refractivity contribution in [3.8, 4) is 0 Å². The number of aliphatic hydroxyl groups excluding tert-OH is 1. The summed E-state index contributed by atoms with van der Waals surface area (Å²) in [7, 11) is 0. The smallest absolute Gasteiger partial charge is 0.0433 e. The van der Waals surface area contributed by atoms with Gasteiger partial charge in [-0.25, -0.2) is 0 Å². The lowest BCUT2D eigenvalue weighted by atomic mass is 10.1. The minimum Gasteiger partial charge on any atom is -0.396 e. The summed E-state index contributed by atoms with van der Waals surface area (Å²) in [5.41, 5.74) is 2.55. The minimum absolute atomic E-state index is 0.276. The van der Waals surface area contributed by atoms with E-state index in [0.717, 1.165) is 12.8 Å². The fourth-order valence-corrected chi connectivity index (χ4v) is 1.23. The molecule has 0 atom stereocenters. The van der Waals surface area contributed by atoms with Gasteiger partial charge in [-0.15, -0.1) is 0 Å². The molecule has 1 nitrogen and oxygen atoms in total. The van der Waals surface area contributed by atoms with Crippen LogP contribution in [0.5, 0.6) is 0 Å². The van der Waals surface area contributed by atoms with Crippen LogP contribution in [0.15, 0.2) is 36.4 Å². The first kappa shape index (κ1) is 10.0. The second-order valence-electron chi connectivity index (χ2n) is 3.12. The number of unbranched alkanes of at least 4 members (excludes halogenated alkanes) is 1. The van der Waals surface area contributed by atoms with E-state index in [2.05, 4.69) is 25.1 Å². The van der Waals surface area contributed by atoms with Crippen molar-refractivity contribution in [1.82, 2.24) is 0 Å². The van der Waals surface area contributed by atoms with E-state index in [1.807, 2.05) is 18.2 Å². The molecule has 1 N–H and O–H groups in total. The van der Waals surface area contributed by atoms with Crippen molar-refractivity contribution in [2.45, 2.75) is 19.8 Å². The summed E-state index contributed by atoms with van der Waals surface area (Å²) in [4.78, 5) is 0. The van der Waals surface area contributed by atoms with E-state index in [9.17, 15) is 0 Å². The lowest BCUT2D eigenvalue weighted by Crippen LogP contribution is -1.82. The summed E-state index contributed by atoms with van der Waals surface area (Å²) in [6, 6.07) is 10.3. The Bertz CT molecular complexity index is 262. The van der Waals surface area contributed by atoms with Crippen LogP contribution in [0.25, 0.3) is 5.57 Å². The quantitative estimate of drug-likeness (QED) is 0.699. The van der Waals surface area contributed by atoms with Crippen molar-refractivity contribution in [3.05, 3.63) is 42.0 Å². The van der Waals surface area contributed by atoms with Crippen LogP contribution < -0.4 is 0 Å². The van der Waals surface area contributed by atoms with E-state index in [-0.39, 0.29) is 6.61 Å². The molecule has 1 aromatic rings. The maximum atomic E-state index is 8.62. The van der Waals surface area contributed by atoms with Crippen LogP contribution in [-0.2, 0) is 0 Å². The molecule has 1 rings (SSSR count). The van der Waals surface area contributed by atoms with E-state index in [1.165, 1.54) is 11.1 Å². The zero-order valence-electron chi connectivity index (χ0n) is 8.03. The van der Waals surface area contributed by atoms with E-state index in [0.29, 0.717) is 0 Å². The highest BCUT2D eigenvalue weighted by Gasteiger charge is 1.92. The molecule has 0 bridgehead atoms. The van der Waals surface area contributed by atoms with Gasteiger partial charge < -0.3 is 5.11 Å². The van der Waals surface area contributed by atoms with Crippen molar-refractivity contribution in [3.63, 3.8) is 0 Å². The van der Waals surface area contributed by atoms with Crippen molar-refractivity contribution >= 4 is 5.57 Å². The van der Waals surface area contributed by atoms with Crippen LogP contribution in [0.2, 0.25) is 0 Å². The monoisotopic (exact) mass is 176 g/mol. The average Bonchev–Trinajstić information content (AvgIpc) is 2.19. The molecule has 0 radical (unpaired) electrons. The van der Waals surface area contributed by atoms with Crippen molar-refractivity contribution in [2.75, 3.05) is 6.61 Å². The Kier molecular flexibility index (Phi) is 4.27. The molecule has 0 saturated heterocycles. The summed E-state index contributed by atoms with van der Waals surface area (Å²) in [5, 5.41) is 8.62. The summed E-state index contributed by atoms with van der Waals surface area (Å²) >= 11 is 0. The zero-order valence-corrected chi connectivity index (χ0v) is 8.03. The summed E-state index contributed by atoms with van der Waals surface area (Å²) in [5.74, 6) is 0. The van der Waals surface area contributed by atoms with Gasteiger partial charge in [-0.3, -0.25) is 0 Å². The van der Waals surface area contributed by atoms with E-state index >= 15 is 0 Å². The standard InChI is InChI=1S/C12H16O/c1-11(7-5-6-10-13)12-8-3-2-4-9-12/h2-4,7-9,13H,5-6,10H2,1H3. The highest BCUT2D eigenvalue weighted by molar-refractivity contribution is 5.63. The minimum atomic E-state index is 0.276. The number of benzene rings is 1. The first-order valence-corrected chi connectivity index (χ1v) is 4.67. The van der Waals surface area contributed by atoms with Crippen molar-refractivity contribution in [1.29, 1.82) is 0 Å². The first-order chi connectivity index (χ1) is 6.34. The summed E-state index contributed by atoms with van der Waals surface area (Å²) in [6.07, 6.45) is 3.98. The van der Waals surface area contributed by atoms with Gasteiger partial charge in [-0.2, -0.15) is 0 Å². The van der Waals surface area contributed by atoms with Gasteiger partial charge in [0.2, 0.25) is 0 Å². The molecular formula is C12H16O. The fraction of sp³-hybridized carbons (Fsp3) is 0.333. The van der Waals surface area contributed by atoms with Gasteiger partial charge in [0.15, 0.2) is 0 Å². The number of hydrogen-bond donors (Lipinski definition) is 1. The highest BCUT2D eigenvalue weighted by atomic mass is 16.2. The topological polar surface area (TPSA) is 20.2 Å². The predicted octanol–water partition coefficient (Wildman–Crippen LogP) is 2.86. The molecule has 0 aliphatic carbocycles. The molecule has 0 fully saturated rings. The average molecular weight is 176 g/mol. The van der Waals surface area contributed by atoms with Gasteiger partial charge in [-0.05, 0) is 30.9 Å². The highest BCUT2D eigenvalue weighted by Crippen LogP contribution is 2.13. The van der Waals surface area contributed by atoms with Gasteiger partial charge in [0, 0.05) is 6.61 Å². The van der Waals surface area contributed by atoms with Crippen LogP contribution in [-0.4, -0.2) is 11.7 Å². The maximum Gasteiger partial charge on any atom is 0.0433 e. The predicted molar refractivity (Wildman–Crippen MR) is 56.4 cm³/mol. The molecule has 0 unspecified atom stereocenters. The molecular weight excluding hydrogens is 160 g/mol. The van der Waals surface area contributed by atoms with E-state index < -0.39 is 0 Å². The molecule has 13 heavy (non-hydrogen) atoms. The van der Waals surface area contributed by atoms with Gasteiger partial charge in [-0.1, -0.05) is 36.4 Å². The summed E-state index contributed by atoms with van der Waals surface area (Å²) in [6.45, 7) is 2.38. The number of aliphatic hydroxyl groups is 1. The lowest BCUT2D eigenvalue weighted by molar-refractivity contribution is 0.289. The first-order valence-electron chi connectivity index (χ1n) is 4.67. The van der Waals surface area contributed by atoms with Crippen LogP contribution >= 0.6 is 0 Å². The molecule has 70 valence electrons. The van der Waals surface area contributed by atoms with E-state index in [4.69, 9.17) is 5.11 Å². The Morgan fingerprint density at radius 3 is 2.62 bits per heavy atom. The molecule has 1 heteroatoms. The SMILES string of the molecule is CC(=CCCCO)c1ccccc1. The third-order valence-corrected chi connectivity index (χ3v) is 2.04. The number of allylic oxidation sites excluding steroid dienone is 2. The van der Waals surface area contributed by atoms with Gasteiger partial charge in [0.25, 0.3) is 0 Å². The molecule has 0 aromatic heterocycles. The molecule has 0 heterocycles. The molecule has 0 spiro atoms. The van der Waals surface area contributed by atoms with Crippen LogP contribution in [0.4, 0.5) is 0 Å². The molecule has 1 aromatic carbocycles. The van der Waals surface area contributed by atoms with Crippen LogP contribution in [0.1, 0.15) is 25.3 Å². The molecule has 0 aliphatic rings. The third-order valence-electron chi connectivity index (χ3n) is 2.04. The van der Waals surface area contributed by atoms with Gasteiger partial charge in [0.05, 0.1) is 0 Å². The van der Waals surface area contributed by atoms with Crippen molar-refractivity contribution < 1.29 is 5.11 Å². The van der Waals surface area contributed by atoms with Gasteiger partial charge >= 0.3 is 0 Å². The fourth-order valence-electron chi connectivity index (χ4n) is 1.23. The largest absolute Gasteiger partial charge is 0.396 e.